The smallest absolute Gasteiger partial charge is 0.273 e. The molecule has 0 unspecified atom stereocenters. The van der Waals surface area contributed by atoms with Gasteiger partial charge in [0.1, 0.15) is 10.6 Å². The van der Waals surface area contributed by atoms with Crippen LogP contribution in [0.1, 0.15) is 5.56 Å². The summed E-state index contributed by atoms with van der Waals surface area (Å²) in [6.07, 6.45) is 1.17. The van der Waals surface area contributed by atoms with Crippen LogP contribution in [0.2, 0.25) is 5.02 Å². The number of nitro groups is 1. The van der Waals surface area contributed by atoms with Crippen molar-refractivity contribution in [1.82, 2.24) is 5.32 Å². The zero-order valence-electron chi connectivity index (χ0n) is 13.3. The van der Waals surface area contributed by atoms with Crippen LogP contribution in [0.4, 0.5) is 16.2 Å². The normalized spacial score (nSPS) is 15.9. The lowest BCUT2D eigenvalue weighted by molar-refractivity contribution is -0.384. The summed E-state index contributed by atoms with van der Waals surface area (Å²) in [5, 5.41) is 13.0. The summed E-state index contributed by atoms with van der Waals surface area (Å²) in [6.45, 7) is 0. The van der Waals surface area contributed by atoms with Gasteiger partial charge in [-0.15, -0.1) is 0 Å². The molecule has 1 aliphatic heterocycles. The number of carbonyl (C=O) groups is 3. The van der Waals surface area contributed by atoms with E-state index < -0.39 is 22.8 Å². The molecule has 1 aliphatic rings. The van der Waals surface area contributed by atoms with Crippen LogP contribution in [0.5, 0.6) is 0 Å². The molecular weight excluding hydrogens is 442 g/mol. The van der Waals surface area contributed by atoms with Crippen molar-refractivity contribution in [3.05, 3.63) is 73.2 Å². The molecule has 4 amide bonds. The van der Waals surface area contributed by atoms with Crippen LogP contribution < -0.4 is 10.2 Å². The van der Waals surface area contributed by atoms with Gasteiger partial charge < -0.3 is 0 Å². The van der Waals surface area contributed by atoms with Gasteiger partial charge in [0.25, 0.3) is 17.5 Å². The fourth-order valence-corrected chi connectivity index (χ4v) is 2.86. The Balaban J connectivity index is 2.03. The van der Waals surface area contributed by atoms with E-state index in [1.807, 2.05) is 0 Å². The van der Waals surface area contributed by atoms with Crippen LogP contribution in [0, 0.1) is 10.1 Å². The fraction of sp³-hybridized carbons (Fsp3) is 0. The van der Waals surface area contributed by atoms with E-state index in [4.69, 9.17) is 11.6 Å². The molecule has 1 saturated heterocycles. The van der Waals surface area contributed by atoms with Crippen molar-refractivity contribution in [3.63, 3.8) is 0 Å². The van der Waals surface area contributed by atoms with Gasteiger partial charge in [0, 0.05) is 10.5 Å². The van der Waals surface area contributed by atoms with Crippen LogP contribution in [-0.4, -0.2) is 22.8 Å². The standard InChI is InChI=1S/C17H9BrClN3O5/c18-10-2-4-11(5-3-10)21-16(24)12(15(23)20-17(21)25)7-9-1-6-13(19)14(8-9)22(26)27/h1-8H,(H,20,23,25)/b12-7+. The van der Waals surface area contributed by atoms with E-state index in [1.165, 1.54) is 30.3 Å². The van der Waals surface area contributed by atoms with Gasteiger partial charge in [0.05, 0.1) is 10.6 Å². The predicted octanol–water partition coefficient (Wildman–Crippen LogP) is 3.68. The van der Waals surface area contributed by atoms with E-state index in [9.17, 15) is 24.5 Å². The lowest BCUT2D eigenvalue weighted by Crippen LogP contribution is -2.54. The lowest BCUT2D eigenvalue weighted by atomic mass is 10.1. The number of halogens is 2. The lowest BCUT2D eigenvalue weighted by Gasteiger charge is -2.26. The molecule has 0 bridgehead atoms. The number of nitro benzene ring substituents is 1. The summed E-state index contributed by atoms with van der Waals surface area (Å²) in [5.74, 6) is -1.74. The van der Waals surface area contributed by atoms with Gasteiger partial charge in [-0.3, -0.25) is 25.0 Å². The van der Waals surface area contributed by atoms with Gasteiger partial charge in [0.2, 0.25) is 0 Å². The molecule has 0 aliphatic carbocycles. The number of hydrogen-bond donors (Lipinski definition) is 1. The highest BCUT2D eigenvalue weighted by atomic mass is 79.9. The maximum atomic E-state index is 12.7. The molecule has 0 spiro atoms. The first-order valence-electron chi connectivity index (χ1n) is 7.39. The van der Waals surface area contributed by atoms with Gasteiger partial charge in [-0.25, -0.2) is 9.69 Å². The van der Waals surface area contributed by atoms with Crippen LogP contribution in [0.15, 0.2) is 52.5 Å². The maximum Gasteiger partial charge on any atom is 0.335 e. The van der Waals surface area contributed by atoms with Crippen molar-refractivity contribution >= 4 is 62.8 Å². The number of nitrogens with zero attached hydrogens (tertiary/aromatic N) is 2. The van der Waals surface area contributed by atoms with Crippen molar-refractivity contribution in [1.29, 1.82) is 0 Å². The largest absolute Gasteiger partial charge is 0.335 e. The second-order valence-electron chi connectivity index (χ2n) is 5.40. The van der Waals surface area contributed by atoms with Gasteiger partial charge in [-0.05, 0) is 42.0 Å². The highest BCUT2D eigenvalue weighted by Crippen LogP contribution is 2.28. The second-order valence-corrected chi connectivity index (χ2v) is 6.73. The van der Waals surface area contributed by atoms with Gasteiger partial charge >= 0.3 is 6.03 Å². The molecule has 1 heterocycles. The van der Waals surface area contributed by atoms with Crippen molar-refractivity contribution in [3.8, 4) is 0 Å². The number of barbiturate groups is 1. The number of benzene rings is 2. The third-order valence-electron chi connectivity index (χ3n) is 3.66. The average Bonchev–Trinajstić information content (AvgIpc) is 2.61. The number of amides is 4. The monoisotopic (exact) mass is 449 g/mol. The van der Waals surface area contributed by atoms with Crippen LogP contribution >= 0.6 is 27.5 Å². The molecule has 1 N–H and O–H groups in total. The number of imide groups is 2. The number of anilines is 1. The third kappa shape index (κ3) is 3.74. The molecule has 2 aromatic rings. The van der Waals surface area contributed by atoms with Crippen molar-refractivity contribution in [2.24, 2.45) is 0 Å². The quantitative estimate of drug-likeness (QED) is 0.332. The SMILES string of the molecule is O=C1NC(=O)N(c2ccc(Br)cc2)C(=O)/C1=C/c1ccc(Cl)c([N+](=O)[O-])c1. The van der Waals surface area contributed by atoms with E-state index in [0.717, 1.165) is 15.4 Å². The third-order valence-corrected chi connectivity index (χ3v) is 4.51. The molecule has 1 fully saturated rings. The first-order valence-corrected chi connectivity index (χ1v) is 8.56. The minimum absolute atomic E-state index is 0.0757. The Morgan fingerprint density at radius 1 is 1.11 bits per heavy atom. The molecular formula is C17H9BrClN3O5. The molecule has 8 nitrogen and oxygen atoms in total. The Labute approximate surface area is 165 Å². The van der Waals surface area contributed by atoms with Gasteiger partial charge in [0.15, 0.2) is 0 Å². The molecule has 136 valence electrons. The van der Waals surface area contributed by atoms with E-state index in [1.54, 1.807) is 12.1 Å². The van der Waals surface area contributed by atoms with Crippen LogP contribution in [0.25, 0.3) is 6.08 Å². The molecule has 10 heteroatoms. The Kier molecular flexibility index (Phi) is 5.06. The zero-order valence-corrected chi connectivity index (χ0v) is 15.7. The van der Waals surface area contributed by atoms with Crippen molar-refractivity contribution < 1.29 is 19.3 Å². The van der Waals surface area contributed by atoms with Crippen LogP contribution in [0.3, 0.4) is 0 Å². The Hall–Kier alpha value is -3.04. The Bertz CT molecular complexity index is 1020. The number of hydrogen-bond acceptors (Lipinski definition) is 5. The summed E-state index contributed by atoms with van der Waals surface area (Å²) < 4.78 is 0.747. The number of carbonyl (C=O) groups excluding carboxylic acids is 3. The van der Waals surface area contributed by atoms with Gasteiger partial charge in [-0.2, -0.15) is 0 Å². The van der Waals surface area contributed by atoms with Crippen molar-refractivity contribution in [2.45, 2.75) is 0 Å². The Morgan fingerprint density at radius 2 is 1.78 bits per heavy atom. The number of urea groups is 1. The van der Waals surface area contributed by atoms with Gasteiger partial charge in [-0.1, -0.05) is 33.6 Å². The van der Waals surface area contributed by atoms with E-state index in [2.05, 4.69) is 21.2 Å². The van der Waals surface area contributed by atoms with E-state index in [0.29, 0.717) is 0 Å². The minimum atomic E-state index is -0.893. The van der Waals surface area contributed by atoms with E-state index in [-0.39, 0.29) is 27.5 Å². The predicted molar refractivity (Wildman–Crippen MR) is 101 cm³/mol. The highest BCUT2D eigenvalue weighted by Gasteiger charge is 2.36. The molecule has 0 aromatic heterocycles. The maximum absolute atomic E-state index is 12.7. The molecule has 0 radical (unpaired) electrons. The molecule has 27 heavy (non-hydrogen) atoms. The van der Waals surface area contributed by atoms with Crippen molar-refractivity contribution in [2.75, 3.05) is 4.90 Å². The molecule has 2 aromatic carbocycles. The first-order chi connectivity index (χ1) is 12.8. The zero-order chi connectivity index (χ0) is 19.7. The topological polar surface area (TPSA) is 110 Å². The first kappa shape index (κ1) is 18.7. The van der Waals surface area contributed by atoms with Crippen LogP contribution in [-0.2, 0) is 9.59 Å². The average molecular weight is 451 g/mol. The molecule has 3 rings (SSSR count). The summed E-state index contributed by atoms with van der Waals surface area (Å²) in [5.41, 5.74) is -0.222. The number of rotatable bonds is 3. The summed E-state index contributed by atoms with van der Waals surface area (Å²) >= 11 is 9.02. The summed E-state index contributed by atoms with van der Waals surface area (Å²) in [7, 11) is 0. The summed E-state index contributed by atoms with van der Waals surface area (Å²) in [6, 6.07) is 9.29. The molecule has 0 atom stereocenters. The Morgan fingerprint density at radius 3 is 2.41 bits per heavy atom. The second kappa shape index (κ2) is 7.29. The van der Waals surface area contributed by atoms with E-state index >= 15 is 0 Å². The minimum Gasteiger partial charge on any atom is -0.273 e. The highest BCUT2D eigenvalue weighted by molar-refractivity contribution is 9.10. The molecule has 0 saturated carbocycles. The summed E-state index contributed by atoms with van der Waals surface area (Å²) in [4.78, 5) is 48.1. The number of nitrogens with one attached hydrogen (secondary N) is 1. The fourth-order valence-electron chi connectivity index (χ4n) is 2.41.